The molecule has 1 amide bonds. The van der Waals surface area contributed by atoms with Crippen molar-refractivity contribution in [2.45, 2.75) is 52.1 Å². The monoisotopic (exact) mass is 309 g/mol. The number of aryl methyl sites for hydroxylation is 1. The first-order valence-electron chi connectivity index (χ1n) is 7.77. The maximum Gasteiger partial charge on any atom is 0.260 e. The largest absolute Gasteiger partial charge is 0.479 e. The maximum absolute atomic E-state index is 12.1. The van der Waals surface area contributed by atoms with Gasteiger partial charge in [-0.1, -0.05) is 36.9 Å². The lowest BCUT2D eigenvalue weighted by Crippen LogP contribution is -2.39. The van der Waals surface area contributed by atoms with Crippen LogP contribution in [0.5, 0.6) is 5.75 Å². The molecule has 0 saturated heterocycles. The number of amides is 1. The van der Waals surface area contributed by atoms with Gasteiger partial charge in [0.05, 0.1) is 5.02 Å². The molecule has 2 rings (SSSR count). The zero-order valence-corrected chi connectivity index (χ0v) is 13.6. The molecule has 21 heavy (non-hydrogen) atoms. The zero-order chi connectivity index (χ0) is 15.2. The number of ether oxygens (including phenoxy) is 1. The highest BCUT2D eigenvalue weighted by molar-refractivity contribution is 6.32. The Balaban J connectivity index is 1.82. The van der Waals surface area contributed by atoms with Gasteiger partial charge in [0.1, 0.15) is 5.75 Å². The van der Waals surface area contributed by atoms with Gasteiger partial charge in [-0.05, 0) is 50.3 Å². The molecule has 0 bridgehead atoms. The summed E-state index contributed by atoms with van der Waals surface area (Å²) in [7, 11) is 0. The lowest BCUT2D eigenvalue weighted by molar-refractivity contribution is -0.127. The van der Waals surface area contributed by atoms with Crippen LogP contribution in [0.1, 0.15) is 44.6 Å². The van der Waals surface area contributed by atoms with Crippen molar-refractivity contribution >= 4 is 17.5 Å². The topological polar surface area (TPSA) is 38.3 Å². The second-order valence-electron chi connectivity index (χ2n) is 5.94. The number of hydrogen-bond donors (Lipinski definition) is 1. The summed E-state index contributed by atoms with van der Waals surface area (Å²) in [5.41, 5.74) is 1.06. The minimum atomic E-state index is -0.534. The molecule has 1 aliphatic rings. The van der Waals surface area contributed by atoms with Crippen LogP contribution in [0.15, 0.2) is 18.2 Å². The Hall–Kier alpha value is -1.22. The molecule has 3 nitrogen and oxygen atoms in total. The smallest absolute Gasteiger partial charge is 0.260 e. The number of rotatable bonds is 5. The van der Waals surface area contributed by atoms with Crippen molar-refractivity contribution in [2.75, 3.05) is 6.54 Å². The molecule has 1 aromatic rings. The molecule has 1 aliphatic carbocycles. The van der Waals surface area contributed by atoms with Gasteiger partial charge in [0.15, 0.2) is 6.10 Å². The highest BCUT2D eigenvalue weighted by Gasteiger charge is 2.19. The van der Waals surface area contributed by atoms with Gasteiger partial charge in [-0.15, -0.1) is 0 Å². The Morgan fingerprint density at radius 1 is 1.38 bits per heavy atom. The number of nitrogens with one attached hydrogen (secondary N) is 1. The Kier molecular flexibility index (Phi) is 5.92. The summed E-state index contributed by atoms with van der Waals surface area (Å²) in [4.78, 5) is 12.1. The first kappa shape index (κ1) is 16.2. The zero-order valence-electron chi connectivity index (χ0n) is 12.8. The molecular formula is C17H24ClNO2. The van der Waals surface area contributed by atoms with Crippen molar-refractivity contribution in [1.29, 1.82) is 0 Å². The molecule has 1 fully saturated rings. The third kappa shape index (κ3) is 4.92. The average molecular weight is 310 g/mol. The van der Waals surface area contributed by atoms with Crippen LogP contribution in [0.2, 0.25) is 5.02 Å². The summed E-state index contributed by atoms with van der Waals surface area (Å²) >= 11 is 6.09. The Morgan fingerprint density at radius 3 is 2.81 bits per heavy atom. The van der Waals surface area contributed by atoms with E-state index in [2.05, 4.69) is 5.32 Å². The van der Waals surface area contributed by atoms with E-state index in [0.717, 1.165) is 12.1 Å². The maximum atomic E-state index is 12.1. The highest BCUT2D eigenvalue weighted by Crippen LogP contribution is 2.26. The predicted molar refractivity (Wildman–Crippen MR) is 85.9 cm³/mol. The van der Waals surface area contributed by atoms with Crippen LogP contribution in [-0.4, -0.2) is 18.6 Å². The fourth-order valence-corrected chi connectivity index (χ4v) is 2.89. The Morgan fingerprint density at radius 2 is 2.10 bits per heavy atom. The molecule has 0 aromatic heterocycles. The lowest BCUT2D eigenvalue weighted by Gasteiger charge is -2.23. The van der Waals surface area contributed by atoms with Gasteiger partial charge >= 0.3 is 0 Å². The molecule has 0 radical (unpaired) electrons. The van der Waals surface area contributed by atoms with E-state index >= 15 is 0 Å². The summed E-state index contributed by atoms with van der Waals surface area (Å²) in [6.45, 7) is 4.49. The number of carbonyl (C=O) groups excluding carboxylic acids is 1. The van der Waals surface area contributed by atoms with Crippen molar-refractivity contribution in [2.24, 2.45) is 5.92 Å². The number of benzene rings is 1. The van der Waals surface area contributed by atoms with Crippen LogP contribution in [0.25, 0.3) is 0 Å². The van der Waals surface area contributed by atoms with Crippen LogP contribution >= 0.6 is 11.6 Å². The molecule has 4 heteroatoms. The van der Waals surface area contributed by atoms with E-state index in [4.69, 9.17) is 16.3 Å². The van der Waals surface area contributed by atoms with E-state index in [-0.39, 0.29) is 5.91 Å². The van der Waals surface area contributed by atoms with Crippen molar-refractivity contribution < 1.29 is 9.53 Å². The van der Waals surface area contributed by atoms with E-state index in [9.17, 15) is 4.79 Å². The number of hydrogen-bond acceptors (Lipinski definition) is 2. The van der Waals surface area contributed by atoms with Crippen LogP contribution < -0.4 is 10.1 Å². The van der Waals surface area contributed by atoms with Gasteiger partial charge in [-0.25, -0.2) is 0 Å². The Labute approximate surface area is 132 Å². The molecule has 1 aromatic carbocycles. The molecule has 1 saturated carbocycles. The second-order valence-corrected chi connectivity index (χ2v) is 6.35. The second kappa shape index (κ2) is 7.69. The minimum Gasteiger partial charge on any atom is -0.479 e. The summed E-state index contributed by atoms with van der Waals surface area (Å²) in [5, 5.41) is 3.53. The third-order valence-corrected chi connectivity index (χ3v) is 4.36. The Bertz CT molecular complexity index is 484. The highest BCUT2D eigenvalue weighted by atomic mass is 35.5. The third-order valence-electron chi connectivity index (χ3n) is 4.05. The van der Waals surface area contributed by atoms with Crippen LogP contribution in [-0.2, 0) is 4.79 Å². The number of halogens is 1. The fraction of sp³-hybridized carbons (Fsp3) is 0.588. The van der Waals surface area contributed by atoms with E-state index < -0.39 is 6.10 Å². The summed E-state index contributed by atoms with van der Waals surface area (Å²) in [6.07, 6.45) is 5.80. The van der Waals surface area contributed by atoms with Crippen LogP contribution in [0.4, 0.5) is 0 Å². The normalized spacial score (nSPS) is 17.3. The predicted octanol–water partition coefficient (Wildman–Crippen LogP) is 4.11. The molecule has 0 spiro atoms. The van der Waals surface area contributed by atoms with Crippen LogP contribution in [0, 0.1) is 12.8 Å². The van der Waals surface area contributed by atoms with Crippen molar-refractivity contribution in [3.8, 4) is 5.75 Å². The fourth-order valence-electron chi connectivity index (χ4n) is 2.72. The first-order valence-corrected chi connectivity index (χ1v) is 8.14. The van der Waals surface area contributed by atoms with Gasteiger partial charge < -0.3 is 10.1 Å². The van der Waals surface area contributed by atoms with Crippen LogP contribution in [0.3, 0.4) is 0 Å². The van der Waals surface area contributed by atoms with Gasteiger partial charge in [-0.2, -0.15) is 0 Å². The summed E-state index contributed by atoms with van der Waals surface area (Å²) in [6, 6.07) is 5.56. The molecule has 116 valence electrons. The van der Waals surface area contributed by atoms with E-state index in [1.165, 1.54) is 32.1 Å². The summed E-state index contributed by atoms with van der Waals surface area (Å²) < 4.78 is 5.68. The standard InChI is InChI=1S/C17H24ClNO2/c1-12-8-9-15(18)16(10-12)21-13(2)17(20)19-11-14-6-4-3-5-7-14/h8-10,13-14H,3-7,11H2,1-2H3,(H,19,20)/t13-/m0/s1. The van der Waals surface area contributed by atoms with E-state index in [1.54, 1.807) is 13.0 Å². The van der Waals surface area contributed by atoms with Crippen molar-refractivity contribution in [3.63, 3.8) is 0 Å². The SMILES string of the molecule is Cc1ccc(Cl)c(O[C@@H](C)C(=O)NCC2CCCCC2)c1. The van der Waals surface area contributed by atoms with E-state index in [0.29, 0.717) is 16.7 Å². The molecule has 0 heterocycles. The average Bonchev–Trinajstić information content (AvgIpc) is 2.49. The molecule has 1 N–H and O–H groups in total. The number of carbonyl (C=O) groups is 1. The van der Waals surface area contributed by atoms with Crippen molar-refractivity contribution in [3.05, 3.63) is 28.8 Å². The molecular weight excluding hydrogens is 286 g/mol. The van der Waals surface area contributed by atoms with Crippen molar-refractivity contribution in [1.82, 2.24) is 5.32 Å². The van der Waals surface area contributed by atoms with Gasteiger partial charge in [-0.3, -0.25) is 4.79 Å². The van der Waals surface area contributed by atoms with Gasteiger partial charge in [0, 0.05) is 6.54 Å². The molecule has 0 unspecified atom stereocenters. The summed E-state index contributed by atoms with van der Waals surface area (Å²) in [5.74, 6) is 1.12. The minimum absolute atomic E-state index is 0.0712. The van der Waals surface area contributed by atoms with Gasteiger partial charge in [0.25, 0.3) is 5.91 Å². The quantitative estimate of drug-likeness (QED) is 0.889. The van der Waals surface area contributed by atoms with E-state index in [1.807, 2.05) is 19.1 Å². The first-order chi connectivity index (χ1) is 10.1. The molecule has 1 atom stereocenters. The molecule has 0 aliphatic heterocycles. The van der Waals surface area contributed by atoms with Gasteiger partial charge in [0.2, 0.25) is 0 Å². The lowest BCUT2D eigenvalue weighted by atomic mass is 9.89.